The number of nitrogens with zero attached hydrogens (tertiary/aromatic N) is 3. The summed E-state index contributed by atoms with van der Waals surface area (Å²) in [5.74, 6) is 0.445. The van der Waals surface area contributed by atoms with Gasteiger partial charge in [-0.3, -0.25) is 14.9 Å². The van der Waals surface area contributed by atoms with Gasteiger partial charge in [0.2, 0.25) is 0 Å². The number of aromatic nitrogens is 3. The van der Waals surface area contributed by atoms with Crippen LogP contribution < -0.4 is 4.74 Å². The molecular weight excluding hydrogens is 371 g/mol. The zero-order valence-electron chi connectivity index (χ0n) is 15.8. The summed E-state index contributed by atoms with van der Waals surface area (Å²) in [4.78, 5) is 19.3. The van der Waals surface area contributed by atoms with Gasteiger partial charge in [0.15, 0.2) is 0 Å². The molecule has 7 heteroatoms. The normalized spacial score (nSPS) is 23.2. The van der Waals surface area contributed by atoms with Gasteiger partial charge in [0.1, 0.15) is 23.4 Å². The number of fused-ring (bicyclic) bond motifs is 2. The van der Waals surface area contributed by atoms with Crippen molar-refractivity contribution in [3.63, 3.8) is 0 Å². The summed E-state index contributed by atoms with van der Waals surface area (Å²) >= 11 is 0. The summed E-state index contributed by atoms with van der Waals surface area (Å²) in [6.07, 6.45) is 7.15. The third kappa shape index (κ3) is 3.48. The van der Waals surface area contributed by atoms with E-state index in [-0.39, 0.29) is 29.9 Å². The highest BCUT2D eigenvalue weighted by molar-refractivity contribution is 5.94. The molecule has 0 aliphatic carbocycles. The zero-order valence-corrected chi connectivity index (χ0v) is 15.8. The molecule has 1 amide bonds. The Balaban J connectivity index is 1.29. The molecule has 2 saturated heterocycles. The van der Waals surface area contributed by atoms with Crippen molar-refractivity contribution >= 4 is 5.91 Å². The summed E-state index contributed by atoms with van der Waals surface area (Å²) in [5.41, 5.74) is 1.87. The van der Waals surface area contributed by atoms with Gasteiger partial charge in [-0.1, -0.05) is 0 Å². The average Bonchev–Trinajstić information content (AvgIpc) is 3.32. The van der Waals surface area contributed by atoms with E-state index in [1.54, 1.807) is 30.6 Å². The molecule has 0 spiro atoms. The first-order chi connectivity index (χ1) is 14.2. The van der Waals surface area contributed by atoms with Crippen molar-refractivity contribution in [3.8, 4) is 17.0 Å². The predicted octanol–water partition coefficient (Wildman–Crippen LogP) is 3.83. The van der Waals surface area contributed by atoms with E-state index in [1.165, 1.54) is 12.1 Å². The fourth-order valence-electron chi connectivity index (χ4n) is 4.50. The van der Waals surface area contributed by atoms with Gasteiger partial charge in [-0.15, -0.1) is 0 Å². The SMILES string of the molecule is O=C(c1cc(-c2ccc(F)cc2)n[nH]1)N1C2CCC1CC(Oc1cccnc1)C2. The topological polar surface area (TPSA) is 71.1 Å². The van der Waals surface area contributed by atoms with Crippen LogP contribution in [-0.4, -0.2) is 44.2 Å². The lowest BCUT2D eigenvalue weighted by Crippen LogP contribution is -2.49. The molecule has 3 aromatic rings. The maximum atomic E-state index is 13.2. The number of carbonyl (C=O) groups excluding carboxylic acids is 1. The van der Waals surface area contributed by atoms with Gasteiger partial charge in [-0.25, -0.2) is 4.39 Å². The number of pyridine rings is 1. The first-order valence-electron chi connectivity index (χ1n) is 9.88. The van der Waals surface area contributed by atoms with Gasteiger partial charge in [-0.2, -0.15) is 5.10 Å². The zero-order chi connectivity index (χ0) is 19.8. The van der Waals surface area contributed by atoms with Crippen molar-refractivity contribution in [2.45, 2.75) is 43.9 Å². The van der Waals surface area contributed by atoms with Crippen LogP contribution in [0.15, 0.2) is 54.9 Å². The molecule has 148 valence electrons. The molecule has 4 heterocycles. The maximum absolute atomic E-state index is 13.2. The molecule has 6 nitrogen and oxygen atoms in total. The van der Waals surface area contributed by atoms with Crippen LogP contribution in [0.5, 0.6) is 5.75 Å². The predicted molar refractivity (Wildman–Crippen MR) is 105 cm³/mol. The average molecular weight is 392 g/mol. The van der Waals surface area contributed by atoms with Crippen molar-refractivity contribution in [3.05, 3.63) is 66.4 Å². The highest BCUT2D eigenvalue weighted by Gasteiger charge is 2.44. The van der Waals surface area contributed by atoms with E-state index < -0.39 is 0 Å². The van der Waals surface area contributed by atoms with E-state index in [0.29, 0.717) is 11.4 Å². The number of benzene rings is 1. The molecule has 2 aliphatic heterocycles. The smallest absolute Gasteiger partial charge is 0.272 e. The summed E-state index contributed by atoms with van der Waals surface area (Å²) in [6, 6.07) is 11.9. The lowest BCUT2D eigenvalue weighted by atomic mass is 9.99. The highest BCUT2D eigenvalue weighted by Crippen LogP contribution is 2.38. The maximum Gasteiger partial charge on any atom is 0.272 e. The van der Waals surface area contributed by atoms with Crippen LogP contribution in [0.1, 0.15) is 36.2 Å². The third-order valence-corrected chi connectivity index (χ3v) is 5.81. The molecular formula is C22H21FN4O2. The number of H-pyrrole nitrogens is 1. The third-order valence-electron chi connectivity index (χ3n) is 5.81. The van der Waals surface area contributed by atoms with Crippen LogP contribution in [0.3, 0.4) is 0 Å². The minimum atomic E-state index is -0.298. The number of amides is 1. The van der Waals surface area contributed by atoms with Crippen LogP contribution in [0, 0.1) is 5.82 Å². The second-order valence-electron chi connectivity index (χ2n) is 7.67. The number of piperidine rings is 1. The van der Waals surface area contributed by atoms with E-state index >= 15 is 0 Å². The number of carbonyl (C=O) groups is 1. The Morgan fingerprint density at radius 3 is 2.59 bits per heavy atom. The first-order valence-corrected chi connectivity index (χ1v) is 9.88. The molecule has 1 N–H and O–H groups in total. The van der Waals surface area contributed by atoms with Crippen molar-refractivity contribution in [1.29, 1.82) is 0 Å². The molecule has 29 heavy (non-hydrogen) atoms. The van der Waals surface area contributed by atoms with Gasteiger partial charge in [-0.05, 0) is 55.3 Å². The Morgan fingerprint density at radius 2 is 1.90 bits per heavy atom. The quantitative estimate of drug-likeness (QED) is 0.733. The van der Waals surface area contributed by atoms with Crippen LogP contribution in [0.25, 0.3) is 11.3 Å². The van der Waals surface area contributed by atoms with Crippen molar-refractivity contribution in [2.24, 2.45) is 0 Å². The summed E-state index contributed by atoms with van der Waals surface area (Å²) in [7, 11) is 0. The molecule has 2 bridgehead atoms. The largest absolute Gasteiger partial charge is 0.489 e. The van der Waals surface area contributed by atoms with E-state index in [2.05, 4.69) is 15.2 Å². The number of hydrogen-bond acceptors (Lipinski definition) is 4. The second kappa shape index (κ2) is 7.31. The van der Waals surface area contributed by atoms with Gasteiger partial charge in [0.25, 0.3) is 5.91 Å². The number of hydrogen-bond donors (Lipinski definition) is 1. The Kier molecular flexibility index (Phi) is 4.50. The van der Waals surface area contributed by atoms with Gasteiger partial charge in [0, 0.05) is 36.7 Å². The monoisotopic (exact) mass is 392 g/mol. The molecule has 2 aromatic heterocycles. The van der Waals surface area contributed by atoms with E-state index in [4.69, 9.17) is 4.74 Å². The molecule has 1 aromatic carbocycles. The molecule has 2 aliphatic rings. The van der Waals surface area contributed by atoms with E-state index in [1.807, 2.05) is 17.0 Å². The van der Waals surface area contributed by atoms with Crippen LogP contribution in [0.2, 0.25) is 0 Å². The van der Waals surface area contributed by atoms with Crippen LogP contribution >= 0.6 is 0 Å². The minimum absolute atomic E-state index is 0.0295. The Morgan fingerprint density at radius 1 is 1.14 bits per heavy atom. The van der Waals surface area contributed by atoms with Gasteiger partial charge >= 0.3 is 0 Å². The minimum Gasteiger partial charge on any atom is -0.489 e. The second-order valence-corrected chi connectivity index (χ2v) is 7.67. The standard InChI is InChI=1S/C22H21FN4O2/c23-15-5-3-14(4-6-15)20-12-21(26-25-20)22(28)27-16-7-8-17(27)11-19(10-16)29-18-2-1-9-24-13-18/h1-6,9,12-13,16-17,19H,7-8,10-11H2,(H,25,26). The highest BCUT2D eigenvalue weighted by atomic mass is 19.1. The molecule has 5 rings (SSSR count). The van der Waals surface area contributed by atoms with Crippen LogP contribution in [-0.2, 0) is 0 Å². The number of aromatic amines is 1. The summed E-state index contributed by atoms with van der Waals surface area (Å²) in [5, 5.41) is 7.11. The van der Waals surface area contributed by atoms with Gasteiger partial charge in [0.05, 0.1) is 11.9 Å². The lowest BCUT2D eigenvalue weighted by molar-refractivity contribution is 0.0353. The Labute approximate surface area is 167 Å². The van der Waals surface area contributed by atoms with Gasteiger partial charge < -0.3 is 9.64 Å². The lowest BCUT2D eigenvalue weighted by Gasteiger charge is -2.38. The van der Waals surface area contributed by atoms with E-state index in [9.17, 15) is 9.18 Å². The number of rotatable bonds is 4. The van der Waals surface area contributed by atoms with Crippen molar-refractivity contribution < 1.29 is 13.9 Å². The first kappa shape index (κ1) is 17.8. The van der Waals surface area contributed by atoms with Crippen molar-refractivity contribution in [2.75, 3.05) is 0 Å². The Hall–Kier alpha value is -3.22. The fourth-order valence-corrected chi connectivity index (χ4v) is 4.50. The summed E-state index contributed by atoms with van der Waals surface area (Å²) < 4.78 is 19.2. The van der Waals surface area contributed by atoms with E-state index in [0.717, 1.165) is 37.0 Å². The molecule has 0 radical (unpaired) electrons. The number of ether oxygens (including phenoxy) is 1. The fraction of sp³-hybridized carbons (Fsp3) is 0.318. The van der Waals surface area contributed by atoms with Crippen molar-refractivity contribution in [1.82, 2.24) is 20.1 Å². The Bertz CT molecular complexity index is 991. The summed E-state index contributed by atoms with van der Waals surface area (Å²) in [6.45, 7) is 0. The molecule has 2 unspecified atom stereocenters. The molecule has 2 fully saturated rings. The molecule has 2 atom stereocenters. The van der Waals surface area contributed by atoms with Crippen LogP contribution in [0.4, 0.5) is 4.39 Å². The number of halogens is 1. The number of nitrogens with one attached hydrogen (secondary N) is 1. The molecule has 0 saturated carbocycles.